The average molecular weight is 284 g/mol. The van der Waals surface area contributed by atoms with Crippen LogP contribution in [0.1, 0.15) is 31.7 Å². The van der Waals surface area contributed by atoms with Crippen LogP contribution in [0.4, 0.5) is 0 Å². The molecule has 4 nitrogen and oxygen atoms in total. The minimum absolute atomic E-state index is 0.457. The van der Waals surface area contributed by atoms with Crippen LogP contribution in [0.3, 0.4) is 0 Å². The average Bonchev–Trinajstić information content (AvgIpc) is 2.91. The number of hydrogen-bond donors (Lipinski definition) is 1. The zero-order valence-electron chi connectivity index (χ0n) is 13.1. The van der Waals surface area contributed by atoms with E-state index in [1.54, 1.807) is 6.20 Å². The molecule has 21 heavy (non-hydrogen) atoms. The van der Waals surface area contributed by atoms with E-state index in [9.17, 15) is 0 Å². The summed E-state index contributed by atoms with van der Waals surface area (Å²) in [5.74, 6) is 2.44. The Morgan fingerprint density at radius 2 is 2.14 bits per heavy atom. The lowest BCUT2D eigenvalue weighted by Crippen LogP contribution is -2.31. The topological polar surface area (TPSA) is 42.7 Å². The SMILES string of the molecule is C=CCC(C)C(C)NCc1ccc(-n2ccnc2C)nc1. The smallest absolute Gasteiger partial charge is 0.137 e. The number of nitrogens with zero attached hydrogens (tertiary/aromatic N) is 3. The van der Waals surface area contributed by atoms with Crippen LogP contribution in [0.5, 0.6) is 0 Å². The normalized spacial score (nSPS) is 13.9. The largest absolute Gasteiger partial charge is 0.310 e. The summed E-state index contributed by atoms with van der Waals surface area (Å²) in [6, 6.07) is 4.60. The van der Waals surface area contributed by atoms with Gasteiger partial charge in [-0.15, -0.1) is 6.58 Å². The van der Waals surface area contributed by atoms with Crippen molar-refractivity contribution in [2.45, 2.75) is 39.8 Å². The molecule has 0 aliphatic carbocycles. The summed E-state index contributed by atoms with van der Waals surface area (Å²) in [7, 11) is 0. The minimum Gasteiger partial charge on any atom is -0.310 e. The molecule has 0 fully saturated rings. The highest BCUT2D eigenvalue weighted by molar-refractivity contribution is 5.27. The van der Waals surface area contributed by atoms with E-state index in [1.807, 2.05) is 36.0 Å². The van der Waals surface area contributed by atoms with Gasteiger partial charge in [0.1, 0.15) is 11.6 Å². The monoisotopic (exact) mass is 284 g/mol. The Bertz CT molecular complexity index is 571. The highest BCUT2D eigenvalue weighted by atomic mass is 15.1. The molecule has 2 rings (SSSR count). The first-order valence-corrected chi connectivity index (χ1v) is 7.41. The van der Waals surface area contributed by atoms with Crippen molar-refractivity contribution < 1.29 is 0 Å². The summed E-state index contributed by atoms with van der Waals surface area (Å²) in [6.45, 7) is 11.1. The van der Waals surface area contributed by atoms with Crippen molar-refractivity contribution >= 4 is 0 Å². The van der Waals surface area contributed by atoms with Crippen molar-refractivity contribution in [3.8, 4) is 5.82 Å². The van der Waals surface area contributed by atoms with Gasteiger partial charge in [0.2, 0.25) is 0 Å². The third-order valence-corrected chi connectivity index (χ3v) is 3.90. The quantitative estimate of drug-likeness (QED) is 0.794. The third kappa shape index (κ3) is 4.02. The maximum atomic E-state index is 4.51. The van der Waals surface area contributed by atoms with Gasteiger partial charge in [-0.05, 0) is 37.8 Å². The van der Waals surface area contributed by atoms with E-state index in [-0.39, 0.29) is 0 Å². The first-order chi connectivity index (χ1) is 10.1. The molecule has 0 amide bonds. The molecule has 0 aromatic carbocycles. The molecule has 0 aliphatic heterocycles. The van der Waals surface area contributed by atoms with Gasteiger partial charge < -0.3 is 5.32 Å². The highest BCUT2D eigenvalue weighted by Crippen LogP contribution is 2.11. The predicted molar refractivity (Wildman–Crippen MR) is 86.4 cm³/mol. The van der Waals surface area contributed by atoms with Gasteiger partial charge >= 0.3 is 0 Å². The Morgan fingerprint density at radius 3 is 2.71 bits per heavy atom. The molecule has 0 bridgehead atoms. The van der Waals surface area contributed by atoms with Gasteiger partial charge in [-0.3, -0.25) is 4.57 Å². The maximum Gasteiger partial charge on any atom is 0.137 e. The summed E-state index contributed by atoms with van der Waals surface area (Å²) >= 11 is 0. The summed E-state index contributed by atoms with van der Waals surface area (Å²) in [4.78, 5) is 8.72. The van der Waals surface area contributed by atoms with Crippen LogP contribution in [0.2, 0.25) is 0 Å². The summed E-state index contributed by atoms with van der Waals surface area (Å²) in [6.07, 6.45) is 8.65. The van der Waals surface area contributed by atoms with E-state index in [0.717, 1.165) is 24.6 Å². The number of pyridine rings is 1. The first-order valence-electron chi connectivity index (χ1n) is 7.41. The van der Waals surface area contributed by atoms with Crippen molar-refractivity contribution in [2.24, 2.45) is 5.92 Å². The van der Waals surface area contributed by atoms with E-state index in [2.05, 4.69) is 41.8 Å². The van der Waals surface area contributed by atoms with Gasteiger partial charge in [0, 0.05) is 31.2 Å². The van der Waals surface area contributed by atoms with Crippen molar-refractivity contribution in [2.75, 3.05) is 0 Å². The number of nitrogens with one attached hydrogen (secondary N) is 1. The van der Waals surface area contributed by atoms with Gasteiger partial charge in [0.15, 0.2) is 0 Å². The predicted octanol–water partition coefficient (Wildman–Crippen LogP) is 3.27. The van der Waals surface area contributed by atoms with Gasteiger partial charge in [-0.25, -0.2) is 9.97 Å². The number of aromatic nitrogens is 3. The number of allylic oxidation sites excluding steroid dienone is 1. The second-order valence-electron chi connectivity index (χ2n) is 5.54. The Hall–Kier alpha value is -1.94. The summed E-state index contributed by atoms with van der Waals surface area (Å²) in [5.41, 5.74) is 1.19. The molecule has 112 valence electrons. The third-order valence-electron chi connectivity index (χ3n) is 3.90. The second kappa shape index (κ2) is 7.18. The Labute approximate surface area is 126 Å². The molecule has 0 saturated heterocycles. The molecule has 2 atom stereocenters. The van der Waals surface area contributed by atoms with E-state index < -0.39 is 0 Å². The molecule has 1 N–H and O–H groups in total. The lowest BCUT2D eigenvalue weighted by Gasteiger charge is -2.20. The van der Waals surface area contributed by atoms with Crippen LogP contribution >= 0.6 is 0 Å². The number of aryl methyl sites for hydroxylation is 1. The molecule has 2 aromatic heterocycles. The van der Waals surface area contributed by atoms with Crippen LogP contribution < -0.4 is 5.32 Å². The zero-order valence-corrected chi connectivity index (χ0v) is 13.1. The van der Waals surface area contributed by atoms with Crippen molar-refractivity contribution in [1.82, 2.24) is 19.9 Å². The first kappa shape index (κ1) is 15.4. The fourth-order valence-electron chi connectivity index (χ4n) is 2.23. The van der Waals surface area contributed by atoms with E-state index in [4.69, 9.17) is 0 Å². The fraction of sp³-hybridized carbons (Fsp3) is 0.412. The molecule has 0 aliphatic rings. The summed E-state index contributed by atoms with van der Waals surface area (Å²) < 4.78 is 1.98. The van der Waals surface area contributed by atoms with Gasteiger partial charge in [-0.2, -0.15) is 0 Å². The molecule has 0 spiro atoms. The molecule has 0 radical (unpaired) electrons. The molecular weight excluding hydrogens is 260 g/mol. The molecule has 2 aromatic rings. The van der Waals surface area contributed by atoms with Crippen LogP contribution in [-0.4, -0.2) is 20.6 Å². The summed E-state index contributed by atoms with van der Waals surface area (Å²) in [5, 5.41) is 3.54. The van der Waals surface area contributed by atoms with E-state index >= 15 is 0 Å². The molecule has 2 heterocycles. The zero-order chi connectivity index (χ0) is 15.2. The van der Waals surface area contributed by atoms with Gasteiger partial charge in [0.05, 0.1) is 0 Å². The molecule has 4 heteroatoms. The van der Waals surface area contributed by atoms with Crippen LogP contribution in [-0.2, 0) is 6.54 Å². The molecule has 0 saturated carbocycles. The lowest BCUT2D eigenvalue weighted by atomic mass is 10.00. The van der Waals surface area contributed by atoms with E-state index in [0.29, 0.717) is 12.0 Å². The number of hydrogen-bond acceptors (Lipinski definition) is 3. The fourth-order valence-corrected chi connectivity index (χ4v) is 2.23. The number of imidazole rings is 1. The highest BCUT2D eigenvalue weighted by Gasteiger charge is 2.10. The van der Waals surface area contributed by atoms with Crippen molar-refractivity contribution in [3.05, 3.63) is 54.8 Å². The van der Waals surface area contributed by atoms with Gasteiger partial charge in [0.25, 0.3) is 0 Å². The maximum absolute atomic E-state index is 4.51. The van der Waals surface area contributed by atoms with E-state index in [1.165, 1.54) is 5.56 Å². The Balaban J connectivity index is 1.94. The minimum atomic E-state index is 0.457. The molecular formula is C17H24N4. The van der Waals surface area contributed by atoms with Crippen molar-refractivity contribution in [1.29, 1.82) is 0 Å². The van der Waals surface area contributed by atoms with Crippen LogP contribution in [0, 0.1) is 12.8 Å². The number of rotatable bonds is 7. The van der Waals surface area contributed by atoms with Gasteiger partial charge in [-0.1, -0.05) is 19.1 Å². The lowest BCUT2D eigenvalue weighted by molar-refractivity contribution is 0.402. The second-order valence-corrected chi connectivity index (χ2v) is 5.54. The van der Waals surface area contributed by atoms with Crippen LogP contribution in [0.25, 0.3) is 5.82 Å². The standard InChI is InChI=1S/C17H24N4/c1-5-6-13(2)14(3)19-11-16-7-8-17(20-12-16)21-10-9-18-15(21)4/h5,7-10,12-14,19H,1,6,11H2,2-4H3. The molecule has 2 unspecified atom stereocenters. The Morgan fingerprint density at radius 1 is 1.33 bits per heavy atom. The van der Waals surface area contributed by atoms with Crippen LogP contribution in [0.15, 0.2) is 43.4 Å². The Kier molecular flexibility index (Phi) is 5.28. The van der Waals surface area contributed by atoms with Crippen molar-refractivity contribution in [3.63, 3.8) is 0 Å².